The Morgan fingerprint density at radius 3 is 2.69 bits per heavy atom. The Morgan fingerprint density at radius 1 is 1.12 bits per heavy atom. The van der Waals surface area contributed by atoms with Crippen LogP contribution >= 0.6 is 34.4 Å². The highest BCUT2D eigenvalue weighted by molar-refractivity contribution is 7.99. The first kappa shape index (κ1) is 21.1. The molecule has 5 rings (SSSR count). The van der Waals surface area contributed by atoms with Crippen molar-refractivity contribution in [2.24, 2.45) is 5.10 Å². The number of hydrogen-bond donors (Lipinski definition) is 0. The quantitative estimate of drug-likeness (QED) is 0.287. The van der Waals surface area contributed by atoms with Crippen LogP contribution in [0.5, 0.6) is 0 Å². The highest BCUT2D eigenvalue weighted by Gasteiger charge is 2.34. The van der Waals surface area contributed by atoms with Gasteiger partial charge in [-0.3, -0.25) is 14.2 Å². The van der Waals surface area contributed by atoms with E-state index in [-0.39, 0.29) is 23.3 Å². The molecule has 0 spiro atoms. The number of thioether (sulfide) groups is 1. The van der Waals surface area contributed by atoms with Crippen molar-refractivity contribution in [3.05, 3.63) is 79.4 Å². The lowest BCUT2D eigenvalue weighted by atomic mass is 10.1. The van der Waals surface area contributed by atoms with Crippen molar-refractivity contribution in [1.82, 2.24) is 14.6 Å². The first-order valence-corrected chi connectivity index (χ1v) is 13.0. The highest BCUT2D eigenvalue weighted by atomic mass is 32.2. The number of aromatic nitrogens is 2. The zero-order chi connectivity index (χ0) is 22.1. The van der Waals surface area contributed by atoms with E-state index in [9.17, 15) is 9.59 Å². The average Bonchev–Trinajstić information content (AvgIpc) is 3.58. The number of carbonyl (C=O) groups excluding carboxylic acids is 1. The van der Waals surface area contributed by atoms with Crippen LogP contribution in [0.1, 0.15) is 29.1 Å². The molecule has 1 unspecified atom stereocenters. The summed E-state index contributed by atoms with van der Waals surface area (Å²) >= 11 is 4.56. The number of thiophene rings is 2. The maximum atomic E-state index is 13.3. The van der Waals surface area contributed by atoms with Gasteiger partial charge in [-0.15, -0.1) is 22.7 Å². The predicted octanol–water partition coefficient (Wildman–Crippen LogP) is 5.01. The third-order valence-corrected chi connectivity index (χ3v) is 8.16. The normalized spacial score (nSPS) is 16.0. The van der Waals surface area contributed by atoms with Crippen LogP contribution < -0.4 is 5.56 Å². The van der Waals surface area contributed by atoms with Crippen molar-refractivity contribution in [3.8, 4) is 0 Å². The number of hydrazone groups is 1. The van der Waals surface area contributed by atoms with Crippen molar-refractivity contribution in [2.45, 2.75) is 31.1 Å². The van der Waals surface area contributed by atoms with Crippen molar-refractivity contribution in [2.75, 3.05) is 5.75 Å². The van der Waals surface area contributed by atoms with Crippen LogP contribution in [0.4, 0.5) is 0 Å². The molecule has 0 radical (unpaired) electrons. The predicted molar refractivity (Wildman–Crippen MR) is 132 cm³/mol. The van der Waals surface area contributed by atoms with Gasteiger partial charge in [-0.2, -0.15) is 5.10 Å². The Balaban J connectivity index is 1.42. The summed E-state index contributed by atoms with van der Waals surface area (Å²) < 4.78 is 1.63. The number of carbonyl (C=O) groups is 1. The van der Waals surface area contributed by atoms with Gasteiger partial charge in [-0.05, 0) is 41.9 Å². The SMILES string of the molecule is CCn1c(SCC(=O)N2N=C(c3cccs3)CC2c2cccs2)nc2ccccc2c1=O. The Kier molecular flexibility index (Phi) is 5.95. The number of hydrogen-bond acceptors (Lipinski definition) is 7. The van der Waals surface area contributed by atoms with E-state index in [0.717, 1.165) is 15.5 Å². The molecule has 9 heteroatoms. The van der Waals surface area contributed by atoms with E-state index in [0.29, 0.717) is 29.0 Å². The van der Waals surface area contributed by atoms with Crippen LogP contribution in [0.3, 0.4) is 0 Å². The monoisotopic (exact) mass is 480 g/mol. The molecule has 4 aromatic rings. The van der Waals surface area contributed by atoms with Crippen molar-refractivity contribution in [3.63, 3.8) is 0 Å². The van der Waals surface area contributed by atoms with E-state index in [4.69, 9.17) is 5.10 Å². The van der Waals surface area contributed by atoms with E-state index in [2.05, 4.69) is 11.1 Å². The zero-order valence-electron chi connectivity index (χ0n) is 17.3. The molecule has 1 aromatic carbocycles. The first-order valence-electron chi connectivity index (χ1n) is 10.2. The molecule has 1 aliphatic rings. The number of nitrogens with zero attached hydrogens (tertiary/aromatic N) is 4. The van der Waals surface area contributed by atoms with Gasteiger partial charge < -0.3 is 0 Å². The van der Waals surface area contributed by atoms with Crippen LogP contribution in [-0.4, -0.2) is 31.9 Å². The molecule has 162 valence electrons. The number of rotatable bonds is 6. The first-order chi connectivity index (χ1) is 15.7. The summed E-state index contributed by atoms with van der Waals surface area (Å²) in [5.41, 5.74) is 1.50. The molecule has 3 aromatic heterocycles. The highest BCUT2D eigenvalue weighted by Crippen LogP contribution is 2.36. The molecule has 1 atom stereocenters. The molecular weight excluding hydrogens is 460 g/mol. The summed E-state index contributed by atoms with van der Waals surface area (Å²) in [6.07, 6.45) is 0.700. The van der Waals surface area contributed by atoms with Crippen LogP contribution in [0.15, 0.2) is 74.3 Å². The molecule has 32 heavy (non-hydrogen) atoms. The number of amides is 1. The largest absolute Gasteiger partial charge is 0.287 e. The van der Waals surface area contributed by atoms with Crippen molar-refractivity contribution in [1.29, 1.82) is 0 Å². The second-order valence-electron chi connectivity index (χ2n) is 7.25. The molecule has 0 aliphatic carbocycles. The molecular formula is C23H20N4O2S3. The minimum absolute atomic E-state index is 0.0799. The average molecular weight is 481 g/mol. The van der Waals surface area contributed by atoms with Crippen molar-refractivity contribution >= 4 is 57.0 Å². The molecule has 1 aliphatic heterocycles. The Labute approximate surface area is 197 Å². The smallest absolute Gasteiger partial charge is 0.262 e. The lowest BCUT2D eigenvalue weighted by Crippen LogP contribution is -2.29. The maximum Gasteiger partial charge on any atom is 0.262 e. The van der Waals surface area contributed by atoms with Gasteiger partial charge in [0.05, 0.1) is 33.3 Å². The summed E-state index contributed by atoms with van der Waals surface area (Å²) in [6, 6.07) is 15.3. The fourth-order valence-electron chi connectivity index (χ4n) is 3.76. The summed E-state index contributed by atoms with van der Waals surface area (Å²) in [7, 11) is 0. The fourth-order valence-corrected chi connectivity index (χ4v) is 6.21. The van der Waals surface area contributed by atoms with E-state index < -0.39 is 0 Å². The van der Waals surface area contributed by atoms with Crippen LogP contribution in [0.2, 0.25) is 0 Å². The summed E-state index contributed by atoms with van der Waals surface area (Å²) in [5, 5.41) is 11.5. The van der Waals surface area contributed by atoms with Crippen molar-refractivity contribution < 1.29 is 4.79 Å². The van der Waals surface area contributed by atoms with Gasteiger partial charge >= 0.3 is 0 Å². The third-order valence-electron chi connectivity index (χ3n) is 5.31. The fraction of sp³-hybridized carbons (Fsp3) is 0.217. The van der Waals surface area contributed by atoms with E-state index in [1.54, 1.807) is 38.3 Å². The van der Waals surface area contributed by atoms with Gasteiger partial charge in [0.2, 0.25) is 0 Å². The molecule has 0 fully saturated rings. The molecule has 0 saturated carbocycles. The molecule has 0 saturated heterocycles. The second kappa shape index (κ2) is 9.01. The van der Waals surface area contributed by atoms with Gasteiger partial charge in [-0.1, -0.05) is 36.0 Å². The van der Waals surface area contributed by atoms with Gasteiger partial charge in [0, 0.05) is 17.8 Å². The topological polar surface area (TPSA) is 67.6 Å². The molecule has 6 nitrogen and oxygen atoms in total. The van der Waals surface area contributed by atoms with E-state index in [1.807, 2.05) is 54.1 Å². The second-order valence-corrected chi connectivity index (χ2v) is 10.1. The maximum absolute atomic E-state index is 13.3. The Hall–Kier alpha value is -2.75. The number of para-hydroxylation sites is 1. The lowest BCUT2D eigenvalue weighted by Gasteiger charge is -2.20. The molecule has 0 bridgehead atoms. The summed E-state index contributed by atoms with van der Waals surface area (Å²) in [5.74, 6) is 0.0680. The number of fused-ring (bicyclic) bond motifs is 1. The van der Waals surface area contributed by atoms with Gasteiger partial charge in [0.15, 0.2) is 5.16 Å². The van der Waals surface area contributed by atoms with E-state index >= 15 is 0 Å². The Bertz CT molecular complexity index is 1340. The molecule has 0 N–H and O–H groups in total. The number of benzene rings is 1. The standard InChI is InChI=1S/C23H20N4O2S3/c1-2-26-22(29)15-7-3-4-8-16(15)24-23(26)32-14-21(28)27-18(20-10-6-12-31-20)13-17(25-27)19-9-5-11-30-19/h3-12,18H,2,13-14H2,1H3. The minimum Gasteiger partial charge on any atom is -0.287 e. The van der Waals surface area contributed by atoms with Crippen LogP contribution in [0.25, 0.3) is 10.9 Å². The third kappa shape index (κ3) is 3.92. The van der Waals surface area contributed by atoms with Gasteiger partial charge in [0.1, 0.15) is 0 Å². The Morgan fingerprint density at radius 2 is 1.94 bits per heavy atom. The minimum atomic E-state index is -0.0990. The molecule has 1 amide bonds. The van der Waals surface area contributed by atoms with Gasteiger partial charge in [0.25, 0.3) is 11.5 Å². The lowest BCUT2D eigenvalue weighted by molar-refractivity contribution is -0.130. The van der Waals surface area contributed by atoms with Gasteiger partial charge in [-0.25, -0.2) is 9.99 Å². The zero-order valence-corrected chi connectivity index (χ0v) is 19.8. The van der Waals surface area contributed by atoms with Crippen LogP contribution in [-0.2, 0) is 11.3 Å². The van der Waals surface area contributed by atoms with Crippen LogP contribution in [0, 0.1) is 0 Å². The summed E-state index contributed by atoms with van der Waals surface area (Å²) in [4.78, 5) is 33.0. The summed E-state index contributed by atoms with van der Waals surface area (Å²) in [6.45, 7) is 2.41. The van der Waals surface area contributed by atoms with E-state index in [1.165, 1.54) is 11.8 Å². The molecule has 4 heterocycles.